The highest BCUT2D eigenvalue weighted by molar-refractivity contribution is 5.95. The van der Waals surface area contributed by atoms with Crippen LogP contribution in [0, 0.1) is 0 Å². The van der Waals surface area contributed by atoms with Crippen LogP contribution in [0.5, 0.6) is 11.5 Å². The molecule has 0 radical (unpaired) electrons. The SMILES string of the molecule is CCC(=O)c1ccc(Oc2cc(CC(=O)N3CCC(O)(CC)CC3)cc(C(F)(F)F)c2)cc1. The Morgan fingerprint density at radius 2 is 1.67 bits per heavy atom. The van der Waals surface area contributed by atoms with E-state index < -0.39 is 17.3 Å². The second-order valence-electron chi connectivity index (χ2n) is 8.40. The monoisotopic (exact) mass is 463 g/mol. The van der Waals surface area contributed by atoms with Crippen LogP contribution in [0.4, 0.5) is 13.2 Å². The number of carbonyl (C=O) groups is 2. The lowest BCUT2D eigenvalue weighted by molar-refractivity contribution is -0.138. The maximum absolute atomic E-state index is 13.5. The molecule has 1 saturated heterocycles. The van der Waals surface area contributed by atoms with Crippen LogP contribution in [-0.2, 0) is 17.4 Å². The summed E-state index contributed by atoms with van der Waals surface area (Å²) in [5.41, 5.74) is -0.999. The summed E-state index contributed by atoms with van der Waals surface area (Å²) in [6.07, 6.45) is -2.96. The standard InChI is InChI=1S/C25H28F3NO4/c1-3-22(30)18-5-7-20(8-6-18)33-21-14-17(13-19(16-21)25(26,27)28)15-23(31)29-11-9-24(32,4-2)10-12-29/h5-8,13-14,16,32H,3-4,9-12,15H2,1-2H3. The Labute approximate surface area is 191 Å². The van der Waals surface area contributed by atoms with Crippen LogP contribution in [-0.4, -0.2) is 40.4 Å². The quantitative estimate of drug-likeness (QED) is 0.559. The molecule has 8 heteroatoms. The minimum atomic E-state index is -4.60. The summed E-state index contributed by atoms with van der Waals surface area (Å²) >= 11 is 0. The maximum atomic E-state index is 13.5. The molecule has 1 aliphatic rings. The minimum Gasteiger partial charge on any atom is -0.457 e. The third kappa shape index (κ3) is 6.35. The van der Waals surface area contributed by atoms with E-state index in [2.05, 4.69) is 0 Å². The zero-order valence-corrected chi connectivity index (χ0v) is 18.7. The van der Waals surface area contributed by atoms with Crippen LogP contribution in [0.1, 0.15) is 61.0 Å². The molecule has 0 aromatic heterocycles. The maximum Gasteiger partial charge on any atom is 0.416 e. The number of piperidine rings is 1. The molecule has 1 heterocycles. The minimum absolute atomic E-state index is 0.0406. The van der Waals surface area contributed by atoms with Crippen molar-refractivity contribution in [3.05, 3.63) is 59.2 Å². The molecule has 1 aliphatic heterocycles. The van der Waals surface area contributed by atoms with Crippen LogP contribution in [0.15, 0.2) is 42.5 Å². The van der Waals surface area contributed by atoms with Gasteiger partial charge < -0.3 is 14.7 Å². The number of nitrogens with zero attached hydrogens (tertiary/aromatic N) is 1. The van der Waals surface area contributed by atoms with E-state index in [4.69, 9.17) is 4.74 Å². The smallest absolute Gasteiger partial charge is 0.416 e. The zero-order valence-electron chi connectivity index (χ0n) is 18.7. The topological polar surface area (TPSA) is 66.8 Å². The molecule has 178 valence electrons. The molecule has 0 atom stereocenters. The van der Waals surface area contributed by atoms with E-state index in [1.54, 1.807) is 24.0 Å². The van der Waals surface area contributed by atoms with E-state index in [0.29, 0.717) is 44.3 Å². The van der Waals surface area contributed by atoms with Gasteiger partial charge in [0.1, 0.15) is 11.5 Å². The Bertz CT molecular complexity index is 994. The number of halogens is 3. The van der Waals surface area contributed by atoms with Gasteiger partial charge >= 0.3 is 6.18 Å². The molecule has 2 aromatic carbocycles. The van der Waals surface area contributed by atoms with Gasteiger partial charge in [-0.25, -0.2) is 0 Å². The first-order valence-electron chi connectivity index (χ1n) is 11.1. The molecule has 5 nitrogen and oxygen atoms in total. The lowest BCUT2D eigenvalue weighted by Gasteiger charge is -2.37. The van der Waals surface area contributed by atoms with Crippen molar-refractivity contribution < 1.29 is 32.6 Å². The van der Waals surface area contributed by atoms with Crippen LogP contribution in [0.2, 0.25) is 0 Å². The van der Waals surface area contributed by atoms with Gasteiger partial charge in [-0.05, 0) is 67.3 Å². The Hall–Kier alpha value is -2.87. The van der Waals surface area contributed by atoms with E-state index >= 15 is 0 Å². The number of rotatable bonds is 7. The van der Waals surface area contributed by atoms with Gasteiger partial charge in [0.25, 0.3) is 0 Å². The number of Topliss-reactive ketones (excluding diaryl/α,β-unsaturated/α-hetero) is 1. The van der Waals surface area contributed by atoms with E-state index in [1.807, 2.05) is 6.92 Å². The van der Waals surface area contributed by atoms with E-state index in [0.717, 1.165) is 12.1 Å². The van der Waals surface area contributed by atoms with Crippen molar-refractivity contribution in [1.82, 2.24) is 4.90 Å². The second kappa shape index (κ2) is 9.95. The van der Waals surface area contributed by atoms with Gasteiger partial charge in [0.2, 0.25) is 5.91 Å². The molecule has 0 spiro atoms. The Morgan fingerprint density at radius 1 is 1.03 bits per heavy atom. The third-order valence-electron chi connectivity index (χ3n) is 6.09. The number of hydrogen-bond donors (Lipinski definition) is 1. The van der Waals surface area contributed by atoms with Crippen molar-refractivity contribution >= 4 is 11.7 Å². The number of ether oxygens (including phenoxy) is 1. The Balaban J connectivity index is 1.77. The normalized spacial score (nSPS) is 15.9. The van der Waals surface area contributed by atoms with Crippen molar-refractivity contribution in [3.8, 4) is 11.5 Å². The predicted molar refractivity (Wildman–Crippen MR) is 117 cm³/mol. The highest BCUT2D eigenvalue weighted by Gasteiger charge is 2.34. The lowest BCUT2D eigenvalue weighted by atomic mass is 9.89. The van der Waals surface area contributed by atoms with Crippen LogP contribution in [0.25, 0.3) is 0 Å². The number of likely N-dealkylation sites (tertiary alicyclic amines) is 1. The fourth-order valence-corrected chi connectivity index (χ4v) is 3.85. The van der Waals surface area contributed by atoms with Crippen molar-refractivity contribution in [2.24, 2.45) is 0 Å². The third-order valence-corrected chi connectivity index (χ3v) is 6.09. The number of aliphatic hydroxyl groups is 1. The molecule has 3 rings (SSSR count). The lowest BCUT2D eigenvalue weighted by Crippen LogP contribution is -2.46. The molecule has 1 amide bonds. The zero-order chi connectivity index (χ0) is 24.2. The van der Waals surface area contributed by atoms with Gasteiger partial charge in [-0.1, -0.05) is 13.8 Å². The van der Waals surface area contributed by atoms with Crippen molar-refractivity contribution in [1.29, 1.82) is 0 Å². The molecular weight excluding hydrogens is 435 g/mol. The molecule has 0 unspecified atom stereocenters. The van der Waals surface area contributed by atoms with Gasteiger partial charge in [-0.15, -0.1) is 0 Å². The summed E-state index contributed by atoms with van der Waals surface area (Å²) in [6.45, 7) is 4.37. The van der Waals surface area contributed by atoms with Gasteiger partial charge in [-0.2, -0.15) is 13.2 Å². The molecule has 2 aromatic rings. The highest BCUT2D eigenvalue weighted by atomic mass is 19.4. The van der Waals surface area contributed by atoms with Gasteiger partial charge in [-0.3, -0.25) is 9.59 Å². The molecule has 33 heavy (non-hydrogen) atoms. The average molecular weight is 463 g/mol. The van der Waals surface area contributed by atoms with E-state index in [9.17, 15) is 27.9 Å². The molecule has 0 bridgehead atoms. The predicted octanol–water partition coefficient (Wildman–Crippen LogP) is 5.40. The van der Waals surface area contributed by atoms with Crippen LogP contribution >= 0.6 is 0 Å². The molecule has 1 fully saturated rings. The Morgan fingerprint density at radius 3 is 2.21 bits per heavy atom. The van der Waals surface area contributed by atoms with Gasteiger partial charge in [0.05, 0.1) is 17.6 Å². The summed E-state index contributed by atoms with van der Waals surface area (Å²) < 4.78 is 46.0. The first-order valence-corrected chi connectivity index (χ1v) is 11.1. The fraction of sp³-hybridized carbons (Fsp3) is 0.440. The second-order valence-corrected chi connectivity index (χ2v) is 8.40. The summed E-state index contributed by atoms with van der Waals surface area (Å²) in [5, 5.41) is 10.3. The summed E-state index contributed by atoms with van der Waals surface area (Å²) in [5.74, 6) is -0.0901. The van der Waals surface area contributed by atoms with Gasteiger partial charge in [0.15, 0.2) is 5.78 Å². The van der Waals surface area contributed by atoms with Crippen molar-refractivity contribution in [2.75, 3.05) is 13.1 Å². The Kier molecular flexibility index (Phi) is 7.47. The highest BCUT2D eigenvalue weighted by Crippen LogP contribution is 2.35. The number of amides is 1. The summed E-state index contributed by atoms with van der Waals surface area (Å²) in [6, 6.07) is 9.44. The molecule has 0 aliphatic carbocycles. The molecule has 0 saturated carbocycles. The molecule has 1 N–H and O–H groups in total. The summed E-state index contributed by atoms with van der Waals surface area (Å²) in [7, 11) is 0. The molecular formula is C25H28F3NO4. The number of ketones is 1. The first kappa shape index (κ1) is 24.8. The number of alkyl halides is 3. The largest absolute Gasteiger partial charge is 0.457 e. The average Bonchev–Trinajstić information content (AvgIpc) is 2.78. The number of hydrogen-bond acceptors (Lipinski definition) is 4. The van der Waals surface area contributed by atoms with E-state index in [-0.39, 0.29) is 35.2 Å². The number of benzene rings is 2. The number of carbonyl (C=O) groups excluding carboxylic acids is 2. The van der Waals surface area contributed by atoms with Crippen LogP contribution < -0.4 is 4.74 Å². The fourth-order valence-electron chi connectivity index (χ4n) is 3.85. The van der Waals surface area contributed by atoms with E-state index in [1.165, 1.54) is 18.2 Å². The first-order chi connectivity index (χ1) is 15.5. The van der Waals surface area contributed by atoms with Crippen molar-refractivity contribution in [3.63, 3.8) is 0 Å². The summed E-state index contributed by atoms with van der Waals surface area (Å²) in [4.78, 5) is 26.0. The van der Waals surface area contributed by atoms with Crippen LogP contribution in [0.3, 0.4) is 0 Å². The van der Waals surface area contributed by atoms with Crippen molar-refractivity contribution in [2.45, 2.75) is 57.7 Å². The van der Waals surface area contributed by atoms with Gasteiger partial charge in [0, 0.05) is 25.1 Å².